The Bertz CT molecular complexity index is 523. The van der Waals surface area contributed by atoms with E-state index in [1.807, 2.05) is 18.2 Å². The van der Waals surface area contributed by atoms with E-state index in [-0.39, 0.29) is 5.82 Å². The third-order valence-corrected chi connectivity index (χ3v) is 2.76. The first kappa shape index (κ1) is 12.5. The molecule has 4 heteroatoms. The Hall–Kier alpha value is -1.97. The average Bonchev–Trinajstić information content (AvgIpc) is 2.40. The van der Waals surface area contributed by atoms with Crippen LogP contribution in [0.4, 0.5) is 10.2 Å². The summed E-state index contributed by atoms with van der Waals surface area (Å²) < 4.78 is 13.5. The first-order valence-corrected chi connectivity index (χ1v) is 6.05. The molecule has 0 aliphatic rings. The van der Waals surface area contributed by atoms with Crippen molar-refractivity contribution in [1.82, 2.24) is 10.2 Å². The maximum Gasteiger partial charge on any atom is 0.148 e. The molecule has 18 heavy (non-hydrogen) atoms. The van der Waals surface area contributed by atoms with E-state index in [1.165, 1.54) is 6.07 Å². The second-order valence-corrected chi connectivity index (χ2v) is 4.14. The molecule has 0 atom stereocenters. The Morgan fingerprint density at radius 1 is 1.17 bits per heavy atom. The summed E-state index contributed by atoms with van der Waals surface area (Å²) in [4.78, 5) is 0. The van der Waals surface area contributed by atoms with Crippen LogP contribution < -0.4 is 5.32 Å². The second kappa shape index (κ2) is 5.58. The maximum atomic E-state index is 13.5. The zero-order valence-corrected chi connectivity index (χ0v) is 10.6. The Kier molecular flexibility index (Phi) is 3.87. The van der Waals surface area contributed by atoms with Gasteiger partial charge in [-0.3, -0.25) is 0 Å². The molecule has 1 aromatic carbocycles. The van der Waals surface area contributed by atoms with E-state index in [2.05, 4.69) is 22.4 Å². The molecule has 0 radical (unpaired) electrons. The number of anilines is 1. The van der Waals surface area contributed by atoms with Gasteiger partial charge in [0.1, 0.15) is 11.6 Å². The minimum absolute atomic E-state index is 0.220. The summed E-state index contributed by atoms with van der Waals surface area (Å²) in [5.74, 6) is 0.525. The van der Waals surface area contributed by atoms with Crippen LogP contribution in [0.25, 0.3) is 11.3 Å². The van der Waals surface area contributed by atoms with Gasteiger partial charge in [0.15, 0.2) is 0 Å². The average molecular weight is 245 g/mol. The Morgan fingerprint density at radius 2 is 2.00 bits per heavy atom. The first-order valence-electron chi connectivity index (χ1n) is 6.05. The van der Waals surface area contributed by atoms with Crippen molar-refractivity contribution in [2.45, 2.75) is 20.3 Å². The van der Waals surface area contributed by atoms with Gasteiger partial charge in [0.05, 0.1) is 5.69 Å². The van der Waals surface area contributed by atoms with Crippen molar-refractivity contribution >= 4 is 5.82 Å². The molecule has 2 aromatic rings. The van der Waals surface area contributed by atoms with Crippen molar-refractivity contribution < 1.29 is 4.39 Å². The van der Waals surface area contributed by atoms with Crippen LogP contribution in [0.2, 0.25) is 0 Å². The predicted octanol–water partition coefficient (Wildman–Crippen LogP) is 3.41. The van der Waals surface area contributed by atoms with Crippen molar-refractivity contribution in [2.75, 3.05) is 11.9 Å². The fourth-order valence-electron chi connectivity index (χ4n) is 1.71. The topological polar surface area (TPSA) is 37.8 Å². The van der Waals surface area contributed by atoms with Gasteiger partial charge in [0.2, 0.25) is 0 Å². The monoisotopic (exact) mass is 245 g/mol. The summed E-state index contributed by atoms with van der Waals surface area (Å²) in [5, 5.41) is 11.4. The third-order valence-electron chi connectivity index (χ3n) is 2.76. The fraction of sp³-hybridized carbons (Fsp3) is 0.286. The minimum atomic E-state index is -0.220. The highest BCUT2D eigenvalue weighted by atomic mass is 19.1. The third kappa shape index (κ3) is 2.64. The largest absolute Gasteiger partial charge is 0.369 e. The molecule has 0 unspecified atom stereocenters. The highest BCUT2D eigenvalue weighted by Crippen LogP contribution is 2.23. The summed E-state index contributed by atoms with van der Waals surface area (Å²) in [6.07, 6.45) is 1.03. The highest BCUT2D eigenvalue weighted by Gasteiger charge is 2.07. The molecule has 0 aliphatic heterocycles. The minimum Gasteiger partial charge on any atom is -0.369 e. The van der Waals surface area contributed by atoms with Crippen LogP contribution in [-0.2, 0) is 0 Å². The highest BCUT2D eigenvalue weighted by molar-refractivity contribution is 5.63. The summed E-state index contributed by atoms with van der Waals surface area (Å²) in [5.41, 5.74) is 2.07. The van der Waals surface area contributed by atoms with Crippen molar-refractivity contribution in [3.05, 3.63) is 41.7 Å². The molecule has 0 aliphatic carbocycles. The lowest BCUT2D eigenvalue weighted by Crippen LogP contribution is -2.03. The molecule has 1 aromatic heterocycles. The number of nitrogens with one attached hydrogen (secondary N) is 1. The molecule has 2 rings (SSSR count). The van der Waals surface area contributed by atoms with Gasteiger partial charge in [-0.25, -0.2) is 4.39 Å². The molecule has 0 amide bonds. The Balaban J connectivity index is 2.26. The molecule has 0 saturated heterocycles. The van der Waals surface area contributed by atoms with Crippen molar-refractivity contribution in [2.24, 2.45) is 0 Å². The zero-order chi connectivity index (χ0) is 13.0. The van der Waals surface area contributed by atoms with Crippen LogP contribution in [0.5, 0.6) is 0 Å². The van der Waals surface area contributed by atoms with Gasteiger partial charge in [-0.2, -0.15) is 0 Å². The van der Waals surface area contributed by atoms with Crippen LogP contribution in [0.15, 0.2) is 30.3 Å². The van der Waals surface area contributed by atoms with Gasteiger partial charge in [-0.1, -0.05) is 19.1 Å². The first-order chi connectivity index (χ1) is 8.72. The lowest BCUT2D eigenvalue weighted by molar-refractivity contribution is 0.619. The van der Waals surface area contributed by atoms with E-state index in [4.69, 9.17) is 0 Å². The van der Waals surface area contributed by atoms with Crippen molar-refractivity contribution in [3.63, 3.8) is 0 Å². The summed E-state index contributed by atoms with van der Waals surface area (Å²) in [6, 6.07) is 8.70. The van der Waals surface area contributed by atoms with Crippen LogP contribution in [0.3, 0.4) is 0 Å². The van der Waals surface area contributed by atoms with Gasteiger partial charge < -0.3 is 5.32 Å². The normalized spacial score (nSPS) is 10.4. The number of benzene rings is 1. The standard InChI is InChI=1S/C14H16FN3/c1-3-9-16-14-8-7-13(17-18-14)11-5-4-6-12(15)10(11)2/h4-8H,3,9H2,1-2H3,(H,16,18). The number of aromatic nitrogens is 2. The van der Waals surface area contributed by atoms with Gasteiger partial charge in [0, 0.05) is 12.1 Å². The molecular formula is C14H16FN3. The van der Waals surface area contributed by atoms with Crippen LogP contribution >= 0.6 is 0 Å². The molecule has 1 heterocycles. The maximum absolute atomic E-state index is 13.5. The van der Waals surface area contributed by atoms with Crippen molar-refractivity contribution in [1.29, 1.82) is 0 Å². The van der Waals surface area contributed by atoms with Crippen LogP contribution in [-0.4, -0.2) is 16.7 Å². The van der Waals surface area contributed by atoms with E-state index in [0.717, 1.165) is 24.3 Å². The molecule has 94 valence electrons. The van der Waals surface area contributed by atoms with E-state index in [0.29, 0.717) is 11.3 Å². The smallest absolute Gasteiger partial charge is 0.148 e. The molecule has 0 bridgehead atoms. The quantitative estimate of drug-likeness (QED) is 0.897. The summed E-state index contributed by atoms with van der Waals surface area (Å²) in [6.45, 7) is 4.70. The molecule has 3 nitrogen and oxygen atoms in total. The molecular weight excluding hydrogens is 229 g/mol. The number of hydrogen-bond donors (Lipinski definition) is 1. The number of rotatable bonds is 4. The molecule has 0 spiro atoms. The number of hydrogen-bond acceptors (Lipinski definition) is 3. The van der Waals surface area contributed by atoms with Crippen LogP contribution in [0, 0.1) is 12.7 Å². The van der Waals surface area contributed by atoms with E-state index in [9.17, 15) is 4.39 Å². The molecule has 1 N–H and O–H groups in total. The Morgan fingerprint density at radius 3 is 2.67 bits per heavy atom. The summed E-state index contributed by atoms with van der Waals surface area (Å²) in [7, 11) is 0. The fourth-order valence-corrected chi connectivity index (χ4v) is 1.71. The lowest BCUT2D eigenvalue weighted by atomic mass is 10.1. The number of halogens is 1. The SMILES string of the molecule is CCCNc1ccc(-c2cccc(F)c2C)nn1. The van der Waals surface area contributed by atoms with E-state index < -0.39 is 0 Å². The molecule has 0 saturated carbocycles. The Labute approximate surface area is 106 Å². The van der Waals surface area contributed by atoms with Gasteiger partial charge >= 0.3 is 0 Å². The van der Waals surface area contributed by atoms with Gasteiger partial charge in [-0.05, 0) is 37.1 Å². The molecule has 0 fully saturated rings. The summed E-state index contributed by atoms with van der Waals surface area (Å²) >= 11 is 0. The van der Waals surface area contributed by atoms with Gasteiger partial charge in [-0.15, -0.1) is 10.2 Å². The zero-order valence-electron chi connectivity index (χ0n) is 10.6. The van der Waals surface area contributed by atoms with E-state index in [1.54, 1.807) is 13.0 Å². The van der Waals surface area contributed by atoms with E-state index >= 15 is 0 Å². The second-order valence-electron chi connectivity index (χ2n) is 4.14. The van der Waals surface area contributed by atoms with Gasteiger partial charge in [0.25, 0.3) is 0 Å². The number of nitrogens with zero attached hydrogens (tertiary/aromatic N) is 2. The predicted molar refractivity (Wildman–Crippen MR) is 70.9 cm³/mol. The van der Waals surface area contributed by atoms with Crippen LogP contribution in [0.1, 0.15) is 18.9 Å². The van der Waals surface area contributed by atoms with Crippen molar-refractivity contribution in [3.8, 4) is 11.3 Å². The lowest BCUT2D eigenvalue weighted by Gasteiger charge is -2.07.